The van der Waals surface area contributed by atoms with Crippen molar-refractivity contribution in [1.82, 2.24) is 9.55 Å². The van der Waals surface area contributed by atoms with Crippen LogP contribution in [0.4, 0.5) is 4.39 Å². The maximum Gasteiger partial charge on any atom is 0.217 e. The van der Waals surface area contributed by atoms with Gasteiger partial charge in [0.15, 0.2) is 0 Å². The van der Waals surface area contributed by atoms with Crippen LogP contribution in [0.15, 0.2) is 90.6 Å². The quantitative estimate of drug-likeness (QED) is 0.664. The van der Waals surface area contributed by atoms with Gasteiger partial charge in [0, 0.05) is 23.5 Å². The van der Waals surface area contributed by atoms with Gasteiger partial charge in [-0.1, -0.05) is 60.7 Å². The molecular formula is C18H14FN3. The van der Waals surface area contributed by atoms with Crippen LogP contribution in [0.2, 0.25) is 0 Å². The van der Waals surface area contributed by atoms with Crippen molar-refractivity contribution in [2.24, 2.45) is 4.99 Å². The summed E-state index contributed by atoms with van der Waals surface area (Å²) in [4.78, 5) is 8.17. The van der Waals surface area contributed by atoms with E-state index >= 15 is 0 Å². The third-order valence-electron chi connectivity index (χ3n) is 3.15. The van der Waals surface area contributed by atoms with Crippen molar-refractivity contribution in [2.75, 3.05) is 0 Å². The van der Waals surface area contributed by atoms with Gasteiger partial charge in [0.2, 0.25) is 5.95 Å². The average Bonchev–Trinajstić information content (AvgIpc) is 3.11. The van der Waals surface area contributed by atoms with E-state index in [0.717, 1.165) is 16.8 Å². The molecule has 2 aromatic carbocycles. The van der Waals surface area contributed by atoms with Gasteiger partial charge in [0.05, 0.1) is 11.9 Å². The van der Waals surface area contributed by atoms with E-state index in [1.54, 1.807) is 0 Å². The lowest BCUT2D eigenvalue weighted by Gasteiger charge is -2.06. The van der Waals surface area contributed by atoms with E-state index in [-0.39, 0.29) is 0 Å². The molecule has 22 heavy (non-hydrogen) atoms. The van der Waals surface area contributed by atoms with Gasteiger partial charge in [-0.05, 0) is 0 Å². The van der Waals surface area contributed by atoms with Gasteiger partial charge in [0.25, 0.3) is 0 Å². The monoisotopic (exact) mass is 291 g/mol. The minimum Gasteiger partial charge on any atom is -0.281 e. The lowest BCUT2D eigenvalue weighted by atomic mass is 10.0. The molecule has 0 unspecified atom stereocenters. The van der Waals surface area contributed by atoms with Crippen LogP contribution in [0.5, 0.6) is 0 Å². The first kappa shape index (κ1) is 13.9. The fourth-order valence-corrected chi connectivity index (χ4v) is 2.08. The zero-order chi connectivity index (χ0) is 15.2. The summed E-state index contributed by atoms with van der Waals surface area (Å²) in [5, 5.41) is 0. The summed E-state index contributed by atoms with van der Waals surface area (Å²) in [5.74, 6) is -0.484. The minimum absolute atomic E-state index is 0.484. The molecule has 0 atom stereocenters. The fourth-order valence-electron chi connectivity index (χ4n) is 2.08. The van der Waals surface area contributed by atoms with Crippen LogP contribution in [0.1, 0.15) is 11.1 Å². The van der Waals surface area contributed by atoms with Crippen LogP contribution in [-0.4, -0.2) is 15.3 Å². The predicted octanol–water partition coefficient (Wildman–Crippen LogP) is 4.15. The molecule has 1 heterocycles. The van der Waals surface area contributed by atoms with Crippen molar-refractivity contribution < 1.29 is 4.39 Å². The van der Waals surface area contributed by atoms with Gasteiger partial charge in [-0.3, -0.25) is 9.56 Å². The molecule has 0 saturated heterocycles. The number of aliphatic imine (C=N–C) groups is 1. The van der Waals surface area contributed by atoms with Gasteiger partial charge in [-0.25, -0.2) is 4.98 Å². The molecule has 0 amide bonds. The van der Waals surface area contributed by atoms with E-state index in [9.17, 15) is 4.39 Å². The Balaban J connectivity index is 2.03. The van der Waals surface area contributed by atoms with Gasteiger partial charge >= 0.3 is 0 Å². The number of benzene rings is 2. The molecule has 3 nitrogen and oxygen atoms in total. The molecule has 0 aliphatic heterocycles. The fraction of sp³-hybridized carbons (Fsp3) is 0. The van der Waals surface area contributed by atoms with Gasteiger partial charge in [-0.15, -0.1) is 0 Å². The van der Waals surface area contributed by atoms with Crippen LogP contribution in [0.25, 0.3) is 5.95 Å². The maximum absolute atomic E-state index is 14.0. The third-order valence-corrected chi connectivity index (χ3v) is 3.15. The van der Waals surface area contributed by atoms with Crippen molar-refractivity contribution in [3.63, 3.8) is 0 Å². The summed E-state index contributed by atoms with van der Waals surface area (Å²) >= 11 is 0. The summed E-state index contributed by atoms with van der Waals surface area (Å²) in [7, 11) is 0. The molecule has 4 heteroatoms. The summed E-state index contributed by atoms with van der Waals surface area (Å²) in [6.45, 7) is 0. The molecule has 0 fully saturated rings. The topological polar surface area (TPSA) is 30.2 Å². The van der Waals surface area contributed by atoms with Crippen molar-refractivity contribution in [1.29, 1.82) is 0 Å². The normalized spacial score (nSPS) is 11.2. The predicted molar refractivity (Wildman–Crippen MR) is 86.1 cm³/mol. The molecule has 1 aromatic heterocycles. The molecule has 0 aliphatic rings. The van der Waals surface area contributed by atoms with Crippen LogP contribution < -0.4 is 0 Å². The lowest BCUT2D eigenvalue weighted by molar-refractivity contribution is 0.684. The molecule has 0 N–H and O–H groups in total. The highest BCUT2D eigenvalue weighted by atomic mass is 19.1. The van der Waals surface area contributed by atoms with E-state index in [0.29, 0.717) is 0 Å². The first-order chi connectivity index (χ1) is 10.8. The van der Waals surface area contributed by atoms with Crippen LogP contribution in [0, 0.1) is 0 Å². The lowest BCUT2D eigenvalue weighted by Crippen LogP contribution is -2.02. The second-order valence-corrected chi connectivity index (χ2v) is 4.63. The Kier molecular flexibility index (Phi) is 4.20. The molecule has 0 bridgehead atoms. The van der Waals surface area contributed by atoms with Gasteiger partial charge in [-0.2, -0.15) is 4.39 Å². The van der Waals surface area contributed by atoms with E-state index in [1.807, 2.05) is 60.7 Å². The van der Waals surface area contributed by atoms with Crippen molar-refractivity contribution in [3.8, 4) is 0 Å². The molecular weight excluding hydrogens is 277 g/mol. The van der Waals surface area contributed by atoms with Crippen LogP contribution in [-0.2, 0) is 0 Å². The first-order valence-corrected chi connectivity index (χ1v) is 6.87. The molecule has 3 rings (SSSR count). The number of imidazole rings is 1. The summed E-state index contributed by atoms with van der Waals surface area (Å²) < 4.78 is 15.3. The third kappa shape index (κ3) is 3.17. The Morgan fingerprint density at radius 3 is 2.05 bits per heavy atom. The molecule has 3 aromatic rings. The first-order valence-electron chi connectivity index (χ1n) is 6.87. The van der Waals surface area contributed by atoms with Crippen LogP contribution >= 0.6 is 0 Å². The molecule has 0 spiro atoms. The number of hydrogen-bond acceptors (Lipinski definition) is 2. The number of nitrogens with zero attached hydrogens (tertiary/aromatic N) is 3. The van der Waals surface area contributed by atoms with E-state index in [2.05, 4.69) is 9.98 Å². The second kappa shape index (κ2) is 6.63. The molecule has 108 valence electrons. The number of hydrogen-bond donors (Lipinski definition) is 0. The Morgan fingerprint density at radius 2 is 1.55 bits per heavy atom. The average molecular weight is 291 g/mol. The molecule has 0 aliphatic carbocycles. The summed E-state index contributed by atoms with van der Waals surface area (Å²) in [5.41, 5.74) is 2.59. The largest absolute Gasteiger partial charge is 0.281 e. The second-order valence-electron chi connectivity index (χ2n) is 4.63. The van der Waals surface area contributed by atoms with Crippen molar-refractivity contribution in [2.45, 2.75) is 0 Å². The maximum atomic E-state index is 14.0. The summed E-state index contributed by atoms with van der Waals surface area (Å²) in [6, 6.07) is 19.4. The number of halogens is 1. The highest BCUT2D eigenvalue weighted by molar-refractivity contribution is 6.13. The zero-order valence-corrected chi connectivity index (χ0v) is 11.8. The number of aromatic nitrogens is 2. The Labute approximate surface area is 128 Å². The highest BCUT2D eigenvalue weighted by Crippen LogP contribution is 2.13. The zero-order valence-electron chi connectivity index (χ0n) is 11.8. The van der Waals surface area contributed by atoms with Crippen molar-refractivity contribution in [3.05, 3.63) is 96.7 Å². The molecule has 0 radical (unpaired) electrons. The Morgan fingerprint density at radius 1 is 0.955 bits per heavy atom. The number of rotatable bonds is 4. The summed E-state index contributed by atoms with van der Waals surface area (Å²) in [6.07, 6.45) is 5.65. The van der Waals surface area contributed by atoms with Gasteiger partial charge < -0.3 is 0 Å². The van der Waals surface area contributed by atoms with Crippen LogP contribution in [0.3, 0.4) is 0 Å². The van der Waals surface area contributed by atoms with E-state index in [4.69, 9.17) is 0 Å². The van der Waals surface area contributed by atoms with Gasteiger partial charge in [0.1, 0.15) is 6.33 Å². The highest BCUT2D eigenvalue weighted by Gasteiger charge is 2.05. The van der Waals surface area contributed by atoms with Crippen molar-refractivity contribution >= 4 is 11.7 Å². The smallest absolute Gasteiger partial charge is 0.217 e. The standard InChI is InChI=1S/C18H14FN3/c19-17(22-12-11-20-14-22)13-21-18(15-7-3-1-4-8-15)16-9-5-2-6-10-16/h1-14H/b17-13-. The minimum atomic E-state index is -0.484. The Bertz CT molecular complexity index is 734. The van der Waals surface area contributed by atoms with E-state index in [1.165, 1.54) is 29.5 Å². The molecule has 0 saturated carbocycles. The van der Waals surface area contributed by atoms with E-state index < -0.39 is 5.95 Å². The SMILES string of the molecule is F/C(=C/N=C(c1ccccc1)c1ccccc1)n1ccnc1. The Hall–Kier alpha value is -3.01.